The predicted octanol–water partition coefficient (Wildman–Crippen LogP) is 5.21. The van der Waals surface area contributed by atoms with Crippen molar-refractivity contribution < 1.29 is 19.7 Å². The Morgan fingerprint density at radius 1 is 1.08 bits per heavy atom. The van der Waals surface area contributed by atoms with Crippen LogP contribution < -0.4 is 10.1 Å². The van der Waals surface area contributed by atoms with Crippen LogP contribution in [0, 0.1) is 6.92 Å². The fourth-order valence-electron chi connectivity index (χ4n) is 4.11. The number of aryl methyl sites for hydroxylation is 1. The van der Waals surface area contributed by atoms with E-state index >= 15 is 0 Å². The first-order valence-electron chi connectivity index (χ1n) is 11.6. The zero-order valence-corrected chi connectivity index (χ0v) is 20.2. The maximum atomic E-state index is 12.4. The molecule has 9 heteroatoms. The molecule has 0 unspecified atom stereocenters. The number of nitrogens with one attached hydrogen (secondary N) is 3. The van der Waals surface area contributed by atoms with Gasteiger partial charge in [-0.25, -0.2) is 0 Å². The third kappa shape index (κ3) is 5.15. The van der Waals surface area contributed by atoms with E-state index in [0.717, 1.165) is 27.7 Å². The second-order valence-corrected chi connectivity index (χ2v) is 8.65. The van der Waals surface area contributed by atoms with Gasteiger partial charge in [0.2, 0.25) is 0 Å². The highest BCUT2D eigenvalue weighted by atomic mass is 16.5. The number of carbonyl (C=O) groups is 1. The summed E-state index contributed by atoms with van der Waals surface area (Å²) >= 11 is 0. The third-order valence-electron chi connectivity index (χ3n) is 5.92. The number of phenolic OH excluding ortho intramolecular Hbond substituents is 1. The molecule has 5 N–H and O–H groups in total. The van der Waals surface area contributed by atoms with E-state index in [1.54, 1.807) is 24.4 Å². The summed E-state index contributed by atoms with van der Waals surface area (Å²) in [5, 5.41) is 30.9. The van der Waals surface area contributed by atoms with Crippen molar-refractivity contribution in [1.82, 2.24) is 15.2 Å². The molecular weight excluding hydrogens is 470 g/mol. The summed E-state index contributed by atoms with van der Waals surface area (Å²) in [7, 11) is 1.48. The Hall–Kier alpha value is -5.05. The number of ether oxygens (including phenoxy) is 1. The van der Waals surface area contributed by atoms with Gasteiger partial charge in [-0.1, -0.05) is 18.2 Å². The molecule has 0 atom stereocenters. The van der Waals surface area contributed by atoms with E-state index in [4.69, 9.17) is 4.74 Å². The molecule has 0 spiro atoms. The van der Waals surface area contributed by atoms with Gasteiger partial charge in [-0.15, -0.1) is 0 Å². The van der Waals surface area contributed by atoms with Crippen molar-refractivity contribution in [2.24, 2.45) is 4.99 Å². The van der Waals surface area contributed by atoms with Crippen LogP contribution in [0.5, 0.6) is 17.4 Å². The van der Waals surface area contributed by atoms with Crippen LogP contribution in [0.3, 0.4) is 0 Å². The summed E-state index contributed by atoms with van der Waals surface area (Å²) in [5.41, 5.74) is 5.70. The molecule has 0 bridgehead atoms. The van der Waals surface area contributed by atoms with Crippen molar-refractivity contribution in [1.29, 1.82) is 0 Å². The lowest BCUT2D eigenvalue weighted by atomic mass is 10.0. The topological polar surface area (TPSA) is 136 Å². The molecule has 9 nitrogen and oxygen atoms in total. The van der Waals surface area contributed by atoms with Gasteiger partial charge in [0, 0.05) is 34.6 Å². The minimum absolute atomic E-state index is 0.00643. The minimum Gasteiger partial charge on any atom is -0.504 e. The number of aromatic hydroxyl groups is 2. The lowest BCUT2D eigenvalue weighted by Crippen LogP contribution is -2.12. The van der Waals surface area contributed by atoms with Crippen LogP contribution in [-0.2, 0) is 6.42 Å². The van der Waals surface area contributed by atoms with Crippen LogP contribution >= 0.6 is 0 Å². The van der Waals surface area contributed by atoms with E-state index in [1.807, 2.05) is 49.4 Å². The van der Waals surface area contributed by atoms with Gasteiger partial charge >= 0.3 is 0 Å². The second-order valence-electron chi connectivity index (χ2n) is 8.65. The average molecular weight is 496 g/mol. The zero-order valence-electron chi connectivity index (χ0n) is 20.2. The molecule has 0 fully saturated rings. The Morgan fingerprint density at radius 3 is 2.68 bits per heavy atom. The Balaban J connectivity index is 1.37. The number of aromatic amines is 2. The van der Waals surface area contributed by atoms with Gasteiger partial charge in [-0.05, 0) is 66.9 Å². The lowest BCUT2D eigenvalue weighted by Gasteiger charge is -2.07. The molecule has 5 rings (SSSR count). The normalized spacial score (nSPS) is 11.3. The third-order valence-corrected chi connectivity index (χ3v) is 5.92. The monoisotopic (exact) mass is 495 g/mol. The number of hydrogen-bond donors (Lipinski definition) is 5. The van der Waals surface area contributed by atoms with Crippen molar-refractivity contribution in [3.8, 4) is 17.4 Å². The Labute approximate surface area is 212 Å². The van der Waals surface area contributed by atoms with E-state index in [0.29, 0.717) is 34.8 Å². The highest BCUT2D eigenvalue weighted by Crippen LogP contribution is 2.31. The largest absolute Gasteiger partial charge is 0.504 e. The number of H-pyrrole nitrogens is 2. The summed E-state index contributed by atoms with van der Waals surface area (Å²) < 4.78 is 5.06. The molecule has 3 aromatic carbocycles. The van der Waals surface area contributed by atoms with Gasteiger partial charge in [-0.3, -0.25) is 14.9 Å². The maximum absolute atomic E-state index is 12.4. The number of aliphatic imine (C=N–C) groups is 1. The molecule has 2 aromatic heterocycles. The quantitative estimate of drug-likeness (QED) is 0.197. The highest BCUT2D eigenvalue weighted by molar-refractivity contribution is 6.03. The van der Waals surface area contributed by atoms with Crippen LogP contribution in [0.15, 0.2) is 71.7 Å². The Bertz CT molecular complexity index is 1630. The number of rotatable bonds is 7. The molecule has 0 saturated carbocycles. The van der Waals surface area contributed by atoms with Crippen LogP contribution in [0.1, 0.15) is 32.9 Å². The summed E-state index contributed by atoms with van der Waals surface area (Å²) in [4.78, 5) is 19.8. The van der Waals surface area contributed by atoms with Gasteiger partial charge in [0.15, 0.2) is 23.1 Å². The molecule has 0 aliphatic carbocycles. The number of benzene rings is 3. The zero-order chi connectivity index (χ0) is 25.9. The molecular formula is C28H25N5O4. The smallest absolute Gasteiger partial charge is 0.276 e. The standard InChI is InChI=1S/C28H25N5O4/c1-16-10-24(33-32-16)28(36)30-20-5-3-4-17(12-20)11-18-6-8-23-21(13-18)22(27(35)31-23)15-29-19-7-9-26(37-2)25(34)14-19/h3-10,12-15,31,34-35H,11H2,1-2H3,(H,30,36)(H,32,33). The summed E-state index contributed by atoms with van der Waals surface area (Å²) in [6, 6.07) is 20.1. The number of nitrogens with zero attached hydrogens (tertiary/aromatic N) is 2. The summed E-state index contributed by atoms with van der Waals surface area (Å²) in [5.74, 6) is 0.0747. The van der Waals surface area contributed by atoms with Crippen molar-refractivity contribution in [2.75, 3.05) is 12.4 Å². The highest BCUT2D eigenvalue weighted by Gasteiger charge is 2.12. The van der Waals surface area contributed by atoms with E-state index in [9.17, 15) is 15.0 Å². The average Bonchev–Trinajstić information content (AvgIpc) is 3.45. The number of hydrogen-bond acceptors (Lipinski definition) is 6. The summed E-state index contributed by atoms with van der Waals surface area (Å²) in [6.07, 6.45) is 2.18. The van der Waals surface area contributed by atoms with Crippen LogP contribution in [0.2, 0.25) is 0 Å². The van der Waals surface area contributed by atoms with Crippen LogP contribution in [-0.4, -0.2) is 44.6 Å². The van der Waals surface area contributed by atoms with E-state index in [2.05, 4.69) is 25.5 Å². The first kappa shape index (κ1) is 23.7. The number of methoxy groups -OCH3 is 1. The van der Waals surface area contributed by atoms with Crippen molar-refractivity contribution in [3.63, 3.8) is 0 Å². The minimum atomic E-state index is -0.278. The molecule has 1 amide bonds. The molecule has 0 radical (unpaired) electrons. The molecule has 37 heavy (non-hydrogen) atoms. The van der Waals surface area contributed by atoms with Crippen molar-refractivity contribution in [3.05, 3.63) is 94.8 Å². The molecule has 2 heterocycles. The Kier molecular flexibility index (Phi) is 6.34. The molecule has 0 aliphatic heterocycles. The van der Waals surface area contributed by atoms with E-state index in [-0.39, 0.29) is 17.5 Å². The van der Waals surface area contributed by atoms with Gasteiger partial charge in [0.25, 0.3) is 5.91 Å². The number of carbonyl (C=O) groups excluding carboxylic acids is 1. The number of fused-ring (bicyclic) bond motifs is 1. The Morgan fingerprint density at radius 2 is 1.92 bits per heavy atom. The summed E-state index contributed by atoms with van der Waals surface area (Å²) in [6.45, 7) is 1.84. The number of phenols is 1. The number of anilines is 1. The van der Waals surface area contributed by atoms with Gasteiger partial charge in [0.1, 0.15) is 0 Å². The van der Waals surface area contributed by atoms with Gasteiger partial charge in [0.05, 0.1) is 18.4 Å². The van der Waals surface area contributed by atoms with E-state index in [1.165, 1.54) is 13.2 Å². The van der Waals surface area contributed by atoms with E-state index < -0.39 is 0 Å². The van der Waals surface area contributed by atoms with Crippen molar-refractivity contribution in [2.45, 2.75) is 13.3 Å². The molecule has 0 saturated heterocycles. The molecule has 186 valence electrons. The molecule has 5 aromatic rings. The number of amides is 1. The second kappa shape index (κ2) is 9.90. The van der Waals surface area contributed by atoms with Crippen LogP contribution in [0.25, 0.3) is 10.9 Å². The molecule has 0 aliphatic rings. The first-order chi connectivity index (χ1) is 17.9. The van der Waals surface area contributed by atoms with Crippen molar-refractivity contribution >= 4 is 34.4 Å². The van der Waals surface area contributed by atoms with Gasteiger partial charge < -0.3 is 25.3 Å². The fourth-order valence-corrected chi connectivity index (χ4v) is 4.11. The number of aromatic nitrogens is 3. The predicted molar refractivity (Wildman–Crippen MR) is 142 cm³/mol. The van der Waals surface area contributed by atoms with Gasteiger partial charge in [-0.2, -0.15) is 5.10 Å². The SMILES string of the molecule is COc1ccc(N=Cc2c(O)[nH]c3ccc(Cc4cccc(NC(=O)c5cc(C)[nH]n5)c4)cc23)cc1O. The fraction of sp³-hybridized carbons (Fsp3) is 0.107. The van der Waals surface area contributed by atoms with Crippen LogP contribution in [0.4, 0.5) is 11.4 Å². The maximum Gasteiger partial charge on any atom is 0.276 e. The lowest BCUT2D eigenvalue weighted by molar-refractivity contribution is 0.102. The first-order valence-corrected chi connectivity index (χ1v) is 11.6.